The van der Waals surface area contributed by atoms with Gasteiger partial charge in [0.25, 0.3) is 5.91 Å². The standard InChI is InChI=1S/C20H22N2O5S/c1-4-12-21-28(25,26)18-7-5-6-17(13-18)19(23)22(2)14-15-8-10-16(11-9-15)20(24)27-3/h4-11,13,21H,1,12,14H2,2-3H3. The van der Waals surface area contributed by atoms with Gasteiger partial charge < -0.3 is 9.64 Å². The van der Waals surface area contributed by atoms with Gasteiger partial charge in [0.2, 0.25) is 10.0 Å². The molecule has 2 aromatic rings. The molecular formula is C20H22N2O5S. The molecule has 0 saturated carbocycles. The van der Waals surface area contributed by atoms with Crippen molar-refractivity contribution in [2.24, 2.45) is 0 Å². The summed E-state index contributed by atoms with van der Waals surface area (Å²) in [5, 5.41) is 0. The minimum Gasteiger partial charge on any atom is -0.465 e. The SMILES string of the molecule is C=CCNS(=O)(=O)c1cccc(C(=O)N(C)Cc2ccc(C(=O)OC)cc2)c1. The summed E-state index contributed by atoms with van der Waals surface area (Å²) in [4.78, 5) is 25.6. The Morgan fingerprint density at radius 1 is 1.14 bits per heavy atom. The molecule has 0 aliphatic rings. The number of carbonyl (C=O) groups is 2. The number of benzene rings is 2. The molecule has 0 heterocycles. The second kappa shape index (κ2) is 9.29. The number of hydrogen-bond donors (Lipinski definition) is 1. The first-order valence-corrected chi connectivity index (χ1v) is 9.90. The second-order valence-electron chi connectivity index (χ2n) is 6.02. The number of nitrogens with zero attached hydrogens (tertiary/aromatic N) is 1. The van der Waals surface area contributed by atoms with Crippen LogP contribution in [0.1, 0.15) is 26.3 Å². The van der Waals surface area contributed by atoms with Crippen LogP contribution >= 0.6 is 0 Å². The Balaban J connectivity index is 2.14. The Morgan fingerprint density at radius 2 is 1.82 bits per heavy atom. The highest BCUT2D eigenvalue weighted by atomic mass is 32.2. The molecule has 28 heavy (non-hydrogen) atoms. The third-order valence-electron chi connectivity index (χ3n) is 3.95. The van der Waals surface area contributed by atoms with Crippen molar-refractivity contribution in [1.82, 2.24) is 9.62 Å². The van der Waals surface area contributed by atoms with E-state index in [4.69, 9.17) is 0 Å². The normalized spacial score (nSPS) is 10.9. The van der Waals surface area contributed by atoms with Crippen LogP contribution in [-0.2, 0) is 21.3 Å². The van der Waals surface area contributed by atoms with Gasteiger partial charge in [-0.1, -0.05) is 24.3 Å². The highest BCUT2D eigenvalue weighted by Gasteiger charge is 2.18. The third kappa shape index (κ3) is 5.28. The molecule has 2 aromatic carbocycles. The minimum atomic E-state index is -3.71. The first kappa shape index (κ1) is 21.3. The molecule has 0 aromatic heterocycles. The topological polar surface area (TPSA) is 92.8 Å². The molecule has 0 fully saturated rings. The molecule has 0 saturated heterocycles. The lowest BCUT2D eigenvalue weighted by molar-refractivity contribution is 0.0600. The number of nitrogens with one attached hydrogen (secondary N) is 1. The monoisotopic (exact) mass is 402 g/mol. The summed E-state index contributed by atoms with van der Waals surface area (Å²) in [6.45, 7) is 3.87. The fourth-order valence-electron chi connectivity index (χ4n) is 2.48. The van der Waals surface area contributed by atoms with Crippen molar-refractivity contribution in [3.63, 3.8) is 0 Å². The van der Waals surface area contributed by atoms with Gasteiger partial charge in [0.1, 0.15) is 0 Å². The van der Waals surface area contributed by atoms with E-state index >= 15 is 0 Å². The highest BCUT2D eigenvalue weighted by molar-refractivity contribution is 7.89. The third-order valence-corrected chi connectivity index (χ3v) is 5.37. The minimum absolute atomic E-state index is 0.0102. The van der Waals surface area contributed by atoms with Crippen LogP contribution in [0.25, 0.3) is 0 Å². The van der Waals surface area contributed by atoms with Gasteiger partial charge in [0.05, 0.1) is 17.6 Å². The van der Waals surface area contributed by atoms with Gasteiger partial charge in [0, 0.05) is 25.7 Å². The highest BCUT2D eigenvalue weighted by Crippen LogP contribution is 2.15. The molecule has 0 aliphatic heterocycles. The van der Waals surface area contributed by atoms with Crippen LogP contribution in [0.5, 0.6) is 0 Å². The number of amides is 1. The molecule has 1 N–H and O–H groups in total. The molecule has 1 amide bonds. The molecule has 0 atom stereocenters. The first-order chi connectivity index (χ1) is 13.3. The Bertz CT molecular complexity index is 968. The summed E-state index contributed by atoms with van der Waals surface area (Å²) in [5.41, 5.74) is 1.50. The molecule has 8 heteroatoms. The predicted molar refractivity (Wildman–Crippen MR) is 105 cm³/mol. The predicted octanol–water partition coefficient (Wildman–Crippen LogP) is 2.21. The maximum Gasteiger partial charge on any atom is 0.337 e. The zero-order chi connectivity index (χ0) is 20.7. The van der Waals surface area contributed by atoms with Crippen molar-refractivity contribution in [1.29, 1.82) is 0 Å². The number of esters is 1. The van der Waals surface area contributed by atoms with Gasteiger partial charge >= 0.3 is 5.97 Å². The van der Waals surface area contributed by atoms with E-state index in [-0.39, 0.29) is 22.9 Å². The zero-order valence-corrected chi connectivity index (χ0v) is 16.5. The van der Waals surface area contributed by atoms with Crippen molar-refractivity contribution in [3.05, 3.63) is 77.9 Å². The molecule has 0 spiro atoms. The number of ether oxygens (including phenoxy) is 1. The summed E-state index contributed by atoms with van der Waals surface area (Å²) in [5.74, 6) is -0.753. The van der Waals surface area contributed by atoms with Crippen LogP contribution in [0.15, 0.2) is 66.1 Å². The number of sulfonamides is 1. The Morgan fingerprint density at radius 3 is 2.43 bits per heavy atom. The average molecular weight is 402 g/mol. The van der Waals surface area contributed by atoms with Gasteiger partial charge in [-0.15, -0.1) is 6.58 Å². The van der Waals surface area contributed by atoms with Gasteiger partial charge in [-0.25, -0.2) is 17.9 Å². The maximum atomic E-state index is 12.7. The molecule has 0 unspecified atom stereocenters. The molecule has 148 valence electrons. The van der Waals surface area contributed by atoms with Crippen LogP contribution < -0.4 is 4.72 Å². The second-order valence-corrected chi connectivity index (χ2v) is 7.79. The van der Waals surface area contributed by atoms with Crippen molar-refractivity contribution in [2.45, 2.75) is 11.4 Å². The summed E-state index contributed by atoms with van der Waals surface area (Å²) in [7, 11) is -0.786. The maximum absolute atomic E-state index is 12.7. The fourth-order valence-corrected chi connectivity index (χ4v) is 3.52. The Kier molecular flexibility index (Phi) is 7.08. The average Bonchev–Trinajstić information content (AvgIpc) is 2.71. The van der Waals surface area contributed by atoms with Crippen LogP contribution in [0.3, 0.4) is 0 Å². The van der Waals surface area contributed by atoms with Crippen molar-refractivity contribution in [3.8, 4) is 0 Å². The summed E-state index contributed by atoms with van der Waals surface area (Å²) in [6, 6.07) is 12.6. The summed E-state index contributed by atoms with van der Waals surface area (Å²) in [6.07, 6.45) is 1.44. The molecule has 0 aliphatic carbocycles. The van der Waals surface area contributed by atoms with Crippen LogP contribution in [-0.4, -0.2) is 45.9 Å². The van der Waals surface area contributed by atoms with Crippen molar-refractivity contribution in [2.75, 3.05) is 20.7 Å². The zero-order valence-electron chi connectivity index (χ0n) is 15.7. The number of hydrogen-bond acceptors (Lipinski definition) is 5. The Labute approximate surface area is 164 Å². The number of methoxy groups -OCH3 is 1. The largest absolute Gasteiger partial charge is 0.465 e. The lowest BCUT2D eigenvalue weighted by Crippen LogP contribution is -2.27. The Hall–Kier alpha value is -2.97. The van der Waals surface area contributed by atoms with E-state index in [9.17, 15) is 18.0 Å². The molecule has 7 nitrogen and oxygen atoms in total. The van der Waals surface area contributed by atoms with Gasteiger partial charge in [-0.2, -0.15) is 0 Å². The van der Waals surface area contributed by atoms with Crippen LogP contribution in [0.2, 0.25) is 0 Å². The van der Waals surface area contributed by atoms with Gasteiger partial charge in [-0.3, -0.25) is 4.79 Å². The molecule has 0 radical (unpaired) electrons. The lowest BCUT2D eigenvalue weighted by Gasteiger charge is -2.18. The van der Waals surface area contributed by atoms with E-state index in [0.29, 0.717) is 12.1 Å². The first-order valence-electron chi connectivity index (χ1n) is 8.42. The van der Waals surface area contributed by atoms with E-state index < -0.39 is 16.0 Å². The fraction of sp³-hybridized carbons (Fsp3) is 0.200. The van der Waals surface area contributed by atoms with Crippen molar-refractivity contribution >= 4 is 21.9 Å². The smallest absolute Gasteiger partial charge is 0.337 e. The van der Waals surface area contributed by atoms with E-state index in [1.54, 1.807) is 37.4 Å². The van der Waals surface area contributed by atoms with Gasteiger partial charge in [0.15, 0.2) is 0 Å². The van der Waals surface area contributed by atoms with E-state index in [1.165, 1.54) is 36.3 Å². The van der Waals surface area contributed by atoms with Crippen LogP contribution in [0.4, 0.5) is 0 Å². The molecule has 0 bridgehead atoms. The van der Waals surface area contributed by atoms with E-state index in [2.05, 4.69) is 16.0 Å². The van der Waals surface area contributed by atoms with E-state index in [0.717, 1.165) is 5.56 Å². The quantitative estimate of drug-likeness (QED) is 0.540. The lowest BCUT2D eigenvalue weighted by atomic mass is 10.1. The summed E-state index contributed by atoms with van der Waals surface area (Å²) >= 11 is 0. The van der Waals surface area contributed by atoms with E-state index in [1.807, 2.05) is 0 Å². The number of rotatable bonds is 8. The van der Waals surface area contributed by atoms with Gasteiger partial charge in [-0.05, 0) is 35.9 Å². The summed E-state index contributed by atoms with van der Waals surface area (Å²) < 4.78 is 31.5. The number of carbonyl (C=O) groups excluding carboxylic acids is 2. The van der Waals surface area contributed by atoms with Crippen molar-refractivity contribution < 1.29 is 22.7 Å². The molecular weight excluding hydrogens is 380 g/mol. The van der Waals surface area contributed by atoms with Crippen LogP contribution in [0, 0.1) is 0 Å². The molecule has 2 rings (SSSR count).